The molecule has 0 bridgehead atoms. The summed E-state index contributed by atoms with van der Waals surface area (Å²) in [6, 6.07) is 0. The number of oxazole rings is 1. The first kappa shape index (κ1) is 17.9. The van der Waals surface area contributed by atoms with E-state index < -0.39 is 11.6 Å². The van der Waals surface area contributed by atoms with Crippen LogP contribution in [0, 0.1) is 12.3 Å². The number of aliphatic hydroxyl groups excluding tert-OH is 1. The van der Waals surface area contributed by atoms with Gasteiger partial charge in [0.2, 0.25) is 5.91 Å². The van der Waals surface area contributed by atoms with Gasteiger partial charge in [0, 0.05) is 33.5 Å². The summed E-state index contributed by atoms with van der Waals surface area (Å²) in [5.41, 5.74) is -0.344. The first-order valence-corrected chi connectivity index (χ1v) is 8.82. The molecule has 2 aliphatic heterocycles. The van der Waals surface area contributed by atoms with Crippen LogP contribution in [0.5, 0.6) is 0 Å². The third-order valence-electron chi connectivity index (χ3n) is 5.96. The SMILES string of the molecule is CC(=O)N1CC2(CCN(C(=O)c3coc(C)n3)CC2)C[C@@H](O)C1(C)C. The standard InChI is InChI=1S/C18H27N3O4/c1-12-19-14(10-25-12)16(24)20-7-5-18(6-8-20)9-15(23)17(3,4)21(11-18)13(2)22/h10,15,23H,5-9,11H2,1-4H3/t15-/m1/s1. The average Bonchev–Trinajstić information content (AvgIpc) is 2.98. The molecule has 1 N–H and O–H groups in total. The number of aryl methyl sites for hydroxylation is 1. The molecule has 0 unspecified atom stereocenters. The van der Waals surface area contributed by atoms with Crippen molar-refractivity contribution in [2.24, 2.45) is 5.41 Å². The molecule has 2 amide bonds. The van der Waals surface area contributed by atoms with Crippen molar-refractivity contribution >= 4 is 11.8 Å². The lowest BCUT2D eigenvalue weighted by molar-refractivity contribution is -0.156. The van der Waals surface area contributed by atoms with E-state index in [2.05, 4.69) is 4.98 Å². The maximum Gasteiger partial charge on any atom is 0.275 e. The number of amides is 2. The zero-order valence-electron chi connectivity index (χ0n) is 15.4. The molecule has 1 spiro atoms. The van der Waals surface area contributed by atoms with E-state index in [0.717, 1.165) is 12.8 Å². The third kappa shape index (κ3) is 3.17. The summed E-state index contributed by atoms with van der Waals surface area (Å²) in [4.78, 5) is 32.3. The van der Waals surface area contributed by atoms with Gasteiger partial charge < -0.3 is 19.3 Å². The molecule has 138 valence electrons. The van der Waals surface area contributed by atoms with E-state index in [1.54, 1.807) is 23.6 Å². The third-order valence-corrected chi connectivity index (χ3v) is 5.96. The van der Waals surface area contributed by atoms with Gasteiger partial charge in [-0.2, -0.15) is 0 Å². The molecular weight excluding hydrogens is 322 g/mol. The van der Waals surface area contributed by atoms with Gasteiger partial charge >= 0.3 is 0 Å². The Morgan fingerprint density at radius 1 is 1.32 bits per heavy atom. The lowest BCUT2D eigenvalue weighted by Crippen LogP contribution is -2.64. The molecule has 1 aromatic heterocycles. The van der Waals surface area contributed by atoms with Gasteiger partial charge in [-0.3, -0.25) is 9.59 Å². The molecule has 2 fully saturated rings. The summed E-state index contributed by atoms with van der Waals surface area (Å²) in [5.74, 6) is 0.345. The molecule has 0 radical (unpaired) electrons. The van der Waals surface area contributed by atoms with Crippen LogP contribution in [0.2, 0.25) is 0 Å². The van der Waals surface area contributed by atoms with E-state index in [1.165, 1.54) is 6.26 Å². The van der Waals surface area contributed by atoms with Crippen molar-refractivity contribution in [2.45, 2.75) is 58.6 Å². The lowest BCUT2D eigenvalue weighted by Gasteiger charge is -2.55. The Hall–Kier alpha value is -1.89. The van der Waals surface area contributed by atoms with Crippen molar-refractivity contribution in [3.8, 4) is 0 Å². The Morgan fingerprint density at radius 3 is 2.48 bits per heavy atom. The van der Waals surface area contributed by atoms with Crippen LogP contribution in [0.4, 0.5) is 0 Å². The summed E-state index contributed by atoms with van der Waals surface area (Å²) in [6.45, 7) is 8.93. The van der Waals surface area contributed by atoms with Gasteiger partial charge in [-0.1, -0.05) is 0 Å². The largest absolute Gasteiger partial charge is 0.448 e. The minimum absolute atomic E-state index is 0.0142. The number of likely N-dealkylation sites (tertiary alicyclic amines) is 2. The van der Waals surface area contributed by atoms with Gasteiger partial charge in [-0.05, 0) is 38.5 Å². The highest BCUT2D eigenvalue weighted by Crippen LogP contribution is 2.45. The highest BCUT2D eigenvalue weighted by Gasteiger charge is 2.50. The molecule has 3 heterocycles. The Morgan fingerprint density at radius 2 is 1.96 bits per heavy atom. The van der Waals surface area contributed by atoms with Crippen molar-refractivity contribution in [3.63, 3.8) is 0 Å². The van der Waals surface area contributed by atoms with E-state index in [9.17, 15) is 14.7 Å². The van der Waals surface area contributed by atoms with Gasteiger partial charge in [0.1, 0.15) is 6.26 Å². The highest BCUT2D eigenvalue weighted by atomic mass is 16.3. The van der Waals surface area contributed by atoms with E-state index in [1.807, 2.05) is 13.8 Å². The highest BCUT2D eigenvalue weighted by molar-refractivity contribution is 5.92. The van der Waals surface area contributed by atoms with Crippen molar-refractivity contribution in [1.82, 2.24) is 14.8 Å². The lowest BCUT2D eigenvalue weighted by atomic mass is 9.67. The minimum Gasteiger partial charge on any atom is -0.448 e. The average molecular weight is 349 g/mol. The molecular formula is C18H27N3O4. The number of piperidine rings is 2. The number of aromatic nitrogens is 1. The van der Waals surface area contributed by atoms with Crippen LogP contribution < -0.4 is 0 Å². The molecule has 0 aromatic carbocycles. The Labute approximate surface area is 148 Å². The summed E-state index contributed by atoms with van der Waals surface area (Å²) in [6.07, 6.45) is 3.03. The maximum absolute atomic E-state index is 12.5. The molecule has 1 aromatic rings. The molecule has 1 atom stereocenters. The normalized spacial score (nSPS) is 25.2. The fraction of sp³-hybridized carbons (Fsp3) is 0.722. The van der Waals surface area contributed by atoms with Crippen LogP contribution in [-0.4, -0.2) is 63.0 Å². The van der Waals surface area contributed by atoms with Gasteiger partial charge in [0.05, 0.1) is 11.6 Å². The monoisotopic (exact) mass is 349 g/mol. The Bertz CT molecular complexity index is 674. The van der Waals surface area contributed by atoms with E-state index >= 15 is 0 Å². The zero-order valence-corrected chi connectivity index (χ0v) is 15.4. The molecule has 2 saturated heterocycles. The predicted molar refractivity (Wildman–Crippen MR) is 90.9 cm³/mol. The first-order chi connectivity index (χ1) is 11.6. The summed E-state index contributed by atoms with van der Waals surface area (Å²) in [5, 5.41) is 10.6. The van der Waals surface area contributed by atoms with Crippen LogP contribution in [0.25, 0.3) is 0 Å². The first-order valence-electron chi connectivity index (χ1n) is 8.82. The van der Waals surface area contributed by atoms with Gasteiger partial charge in [0.25, 0.3) is 5.91 Å². The molecule has 2 aliphatic rings. The number of hydrogen-bond acceptors (Lipinski definition) is 5. The second-order valence-corrected chi connectivity index (χ2v) is 8.02. The maximum atomic E-state index is 12.5. The van der Waals surface area contributed by atoms with Crippen molar-refractivity contribution < 1.29 is 19.1 Å². The molecule has 25 heavy (non-hydrogen) atoms. The molecule has 7 nitrogen and oxygen atoms in total. The van der Waals surface area contributed by atoms with E-state index in [0.29, 0.717) is 37.6 Å². The number of rotatable bonds is 1. The molecule has 7 heteroatoms. The number of nitrogens with zero attached hydrogens (tertiary/aromatic N) is 3. The van der Waals surface area contributed by atoms with Crippen LogP contribution >= 0.6 is 0 Å². The number of carbonyl (C=O) groups excluding carboxylic acids is 2. The second kappa shape index (κ2) is 6.12. The fourth-order valence-electron chi connectivity index (χ4n) is 4.13. The van der Waals surface area contributed by atoms with Gasteiger partial charge in [-0.25, -0.2) is 4.98 Å². The zero-order chi connectivity index (χ0) is 18.4. The second-order valence-electron chi connectivity index (χ2n) is 8.02. The van der Waals surface area contributed by atoms with Gasteiger partial charge in [0.15, 0.2) is 11.6 Å². The van der Waals surface area contributed by atoms with Crippen LogP contribution in [-0.2, 0) is 4.79 Å². The van der Waals surface area contributed by atoms with Crippen molar-refractivity contribution in [2.75, 3.05) is 19.6 Å². The summed E-state index contributed by atoms with van der Waals surface area (Å²) in [7, 11) is 0. The summed E-state index contributed by atoms with van der Waals surface area (Å²) >= 11 is 0. The smallest absolute Gasteiger partial charge is 0.275 e. The van der Waals surface area contributed by atoms with E-state index in [-0.39, 0.29) is 17.2 Å². The summed E-state index contributed by atoms with van der Waals surface area (Å²) < 4.78 is 5.13. The van der Waals surface area contributed by atoms with Gasteiger partial charge in [-0.15, -0.1) is 0 Å². The topological polar surface area (TPSA) is 86.9 Å². The fourth-order valence-corrected chi connectivity index (χ4v) is 4.13. The molecule has 3 rings (SSSR count). The minimum atomic E-state index is -0.564. The number of carbonyl (C=O) groups is 2. The van der Waals surface area contributed by atoms with Crippen LogP contribution in [0.3, 0.4) is 0 Å². The van der Waals surface area contributed by atoms with E-state index in [4.69, 9.17) is 4.42 Å². The Balaban J connectivity index is 1.70. The van der Waals surface area contributed by atoms with Crippen molar-refractivity contribution in [3.05, 3.63) is 17.8 Å². The molecule has 0 aliphatic carbocycles. The molecule has 0 saturated carbocycles. The van der Waals surface area contributed by atoms with Crippen LogP contribution in [0.1, 0.15) is 56.4 Å². The van der Waals surface area contributed by atoms with Crippen molar-refractivity contribution in [1.29, 1.82) is 0 Å². The van der Waals surface area contributed by atoms with Crippen LogP contribution in [0.15, 0.2) is 10.7 Å². The predicted octanol–water partition coefficient (Wildman–Crippen LogP) is 1.60. The quantitative estimate of drug-likeness (QED) is 0.832. The number of hydrogen-bond donors (Lipinski definition) is 1. The number of aliphatic hydroxyl groups is 1. The Kier molecular flexibility index (Phi) is 4.39.